The van der Waals surface area contributed by atoms with E-state index in [9.17, 15) is 18.0 Å². The Morgan fingerprint density at radius 3 is 2.62 bits per heavy atom. The van der Waals surface area contributed by atoms with Crippen molar-refractivity contribution >= 4 is 6.09 Å². The fourth-order valence-corrected chi connectivity index (χ4v) is 2.55. The van der Waals surface area contributed by atoms with Gasteiger partial charge in [0.05, 0.1) is 5.92 Å². The van der Waals surface area contributed by atoms with Crippen LogP contribution in [0.1, 0.15) is 31.2 Å². The molecule has 1 aromatic carbocycles. The lowest BCUT2D eigenvalue weighted by Crippen LogP contribution is -2.41. The highest BCUT2D eigenvalue weighted by atomic mass is 19.4. The lowest BCUT2D eigenvalue weighted by atomic mass is 9.85. The van der Waals surface area contributed by atoms with Crippen molar-refractivity contribution in [3.05, 3.63) is 35.9 Å². The maximum absolute atomic E-state index is 12.7. The van der Waals surface area contributed by atoms with Crippen LogP contribution in [0.15, 0.2) is 30.3 Å². The van der Waals surface area contributed by atoms with Gasteiger partial charge in [-0.25, -0.2) is 4.79 Å². The zero-order valence-electron chi connectivity index (χ0n) is 11.5. The minimum Gasteiger partial charge on any atom is -0.445 e. The van der Waals surface area contributed by atoms with Gasteiger partial charge >= 0.3 is 12.3 Å². The number of carbonyl (C=O) groups excluding carboxylic acids is 1. The number of carbonyl (C=O) groups is 1. The molecule has 0 unspecified atom stereocenters. The van der Waals surface area contributed by atoms with Crippen LogP contribution < -0.4 is 5.32 Å². The second kappa shape index (κ2) is 6.83. The van der Waals surface area contributed by atoms with E-state index >= 15 is 0 Å². The number of rotatable bonds is 3. The Labute approximate surface area is 121 Å². The molecule has 0 spiro atoms. The van der Waals surface area contributed by atoms with Crippen LogP contribution in [0.5, 0.6) is 0 Å². The lowest BCUT2D eigenvalue weighted by Gasteiger charge is -2.30. The van der Waals surface area contributed by atoms with Gasteiger partial charge < -0.3 is 10.1 Å². The second-order valence-corrected chi connectivity index (χ2v) is 5.31. The first-order valence-corrected chi connectivity index (χ1v) is 6.99. The molecule has 0 aromatic heterocycles. The van der Waals surface area contributed by atoms with E-state index in [1.165, 1.54) is 0 Å². The minimum absolute atomic E-state index is 0.0655. The van der Waals surface area contributed by atoms with Crippen molar-refractivity contribution in [2.24, 2.45) is 5.92 Å². The number of hydrogen-bond donors (Lipinski definition) is 1. The Morgan fingerprint density at radius 1 is 1.24 bits per heavy atom. The molecule has 0 heterocycles. The molecule has 3 nitrogen and oxygen atoms in total. The van der Waals surface area contributed by atoms with Crippen LogP contribution in [-0.2, 0) is 11.3 Å². The summed E-state index contributed by atoms with van der Waals surface area (Å²) in [6, 6.07) is 8.66. The maximum atomic E-state index is 12.7. The zero-order chi connectivity index (χ0) is 15.3. The van der Waals surface area contributed by atoms with E-state index < -0.39 is 24.2 Å². The average molecular weight is 301 g/mol. The molecule has 1 aromatic rings. The van der Waals surface area contributed by atoms with Gasteiger partial charge in [-0.3, -0.25) is 0 Å². The van der Waals surface area contributed by atoms with E-state index in [1.54, 1.807) is 0 Å². The summed E-state index contributed by atoms with van der Waals surface area (Å²) < 4.78 is 43.1. The summed E-state index contributed by atoms with van der Waals surface area (Å²) in [5.41, 5.74) is 0.837. The number of nitrogens with one attached hydrogen (secondary N) is 1. The molecule has 1 aliphatic rings. The second-order valence-electron chi connectivity index (χ2n) is 5.31. The predicted octanol–water partition coefficient (Wildman–Crippen LogP) is 4.03. The van der Waals surface area contributed by atoms with Gasteiger partial charge in [-0.05, 0) is 24.8 Å². The van der Waals surface area contributed by atoms with Crippen LogP contribution in [0.25, 0.3) is 0 Å². The first kappa shape index (κ1) is 15.7. The van der Waals surface area contributed by atoms with Gasteiger partial charge in [0.25, 0.3) is 0 Å². The first-order chi connectivity index (χ1) is 9.95. The molecule has 2 atom stereocenters. The number of hydrogen-bond acceptors (Lipinski definition) is 2. The van der Waals surface area contributed by atoms with Crippen molar-refractivity contribution in [2.45, 2.75) is 44.5 Å². The van der Waals surface area contributed by atoms with Gasteiger partial charge in [0.15, 0.2) is 0 Å². The van der Waals surface area contributed by atoms with E-state index in [0.717, 1.165) is 5.56 Å². The molecular weight excluding hydrogens is 283 g/mol. The summed E-state index contributed by atoms with van der Waals surface area (Å²) in [6.07, 6.45) is -3.74. The Morgan fingerprint density at radius 2 is 1.95 bits per heavy atom. The number of alkyl carbamates (subject to hydrolysis) is 1. The number of amides is 1. The van der Waals surface area contributed by atoms with Gasteiger partial charge in [-0.1, -0.05) is 36.8 Å². The number of ether oxygens (including phenoxy) is 1. The monoisotopic (exact) mass is 301 g/mol. The lowest BCUT2D eigenvalue weighted by molar-refractivity contribution is -0.183. The molecule has 6 heteroatoms. The van der Waals surface area contributed by atoms with Crippen molar-refractivity contribution in [1.29, 1.82) is 0 Å². The molecular formula is C15H18F3NO2. The highest BCUT2D eigenvalue weighted by Gasteiger charge is 2.42. The minimum atomic E-state index is -4.19. The van der Waals surface area contributed by atoms with Crippen LogP contribution in [0.4, 0.5) is 18.0 Å². The first-order valence-electron chi connectivity index (χ1n) is 6.99. The summed E-state index contributed by atoms with van der Waals surface area (Å²) in [7, 11) is 0. The van der Waals surface area contributed by atoms with Crippen LogP contribution in [-0.4, -0.2) is 18.3 Å². The van der Waals surface area contributed by atoms with Crippen LogP contribution in [0, 0.1) is 5.92 Å². The molecule has 1 N–H and O–H groups in total. The highest BCUT2D eigenvalue weighted by Crippen LogP contribution is 2.37. The molecule has 0 aliphatic heterocycles. The third-order valence-electron chi connectivity index (χ3n) is 3.67. The van der Waals surface area contributed by atoms with Gasteiger partial charge in [0.1, 0.15) is 6.61 Å². The third kappa shape index (κ3) is 4.95. The SMILES string of the molecule is O=C(N[C@H]1CCC[C@@H](C(F)(F)F)C1)OCc1ccccc1. The molecule has 0 saturated heterocycles. The zero-order valence-corrected chi connectivity index (χ0v) is 11.5. The van der Waals surface area contributed by atoms with E-state index in [0.29, 0.717) is 12.8 Å². The quantitative estimate of drug-likeness (QED) is 0.915. The molecule has 2 rings (SSSR count). The molecule has 21 heavy (non-hydrogen) atoms. The number of benzene rings is 1. The van der Waals surface area contributed by atoms with Gasteiger partial charge in [0.2, 0.25) is 0 Å². The highest BCUT2D eigenvalue weighted by molar-refractivity contribution is 5.67. The summed E-state index contributed by atoms with van der Waals surface area (Å²) >= 11 is 0. The maximum Gasteiger partial charge on any atom is 0.407 e. The summed E-state index contributed by atoms with van der Waals surface area (Å²) in [5.74, 6) is -1.33. The summed E-state index contributed by atoms with van der Waals surface area (Å²) in [5, 5.41) is 2.53. The van der Waals surface area contributed by atoms with Crippen molar-refractivity contribution in [2.75, 3.05) is 0 Å². The van der Waals surface area contributed by atoms with Gasteiger partial charge in [-0.2, -0.15) is 13.2 Å². The van der Waals surface area contributed by atoms with Gasteiger partial charge in [0, 0.05) is 6.04 Å². The fraction of sp³-hybridized carbons (Fsp3) is 0.533. The Hall–Kier alpha value is -1.72. The largest absolute Gasteiger partial charge is 0.445 e. The van der Waals surface area contributed by atoms with Crippen LogP contribution in [0.3, 0.4) is 0 Å². The van der Waals surface area contributed by atoms with Gasteiger partial charge in [-0.15, -0.1) is 0 Å². The van der Waals surface area contributed by atoms with Crippen molar-refractivity contribution in [1.82, 2.24) is 5.32 Å². The van der Waals surface area contributed by atoms with E-state index in [-0.39, 0.29) is 19.4 Å². The number of halogens is 3. The van der Waals surface area contributed by atoms with Crippen molar-refractivity contribution < 1.29 is 22.7 Å². The Balaban J connectivity index is 1.77. The normalized spacial score (nSPS) is 22.6. The smallest absolute Gasteiger partial charge is 0.407 e. The molecule has 116 valence electrons. The third-order valence-corrected chi connectivity index (χ3v) is 3.67. The molecule has 1 aliphatic carbocycles. The van der Waals surface area contributed by atoms with Crippen LogP contribution >= 0.6 is 0 Å². The molecule has 0 radical (unpaired) electrons. The topological polar surface area (TPSA) is 38.3 Å². The van der Waals surface area contributed by atoms with Crippen LogP contribution in [0.2, 0.25) is 0 Å². The van der Waals surface area contributed by atoms with Crippen molar-refractivity contribution in [3.63, 3.8) is 0 Å². The van der Waals surface area contributed by atoms with E-state index in [4.69, 9.17) is 4.74 Å². The molecule has 1 amide bonds. The Bertz CT molecular complexity index is 462. The molecule has 1 saturated carbocycles. The van der Waals surface area contributed by atoms with E-state index in [1.807, 2.05) is 30.3 Å². The molecule has 0 bridgehead atoms. The van der Waals surface area contributed by atoms with Crippen molar-refractivity contribution in [3.8, 4) is 0 Å². The fourth-order valence-electron chi connectivity index (χ4n) is 2.55. The summed E-state index contributed by atoms with van der Waals surface area (Å²) in [6.45, 7) is 0.113. The standard InChI is InChI=1S/C15H18F3NO2/c16-15(17,18)12-7-4-8-13(9-12)19-14(20)21-10-11-5-2-1-3-6-11/h1-3,5-6,12-13H,4,7-10H2,(H,19,20)/t12-,13+/m1/s1. The molecule has 1 fully saturated rings. The van der Waals surface area contributed by atoms with E-state index in [2.05, 4.69) is 5.32 Å². The number of alkyl halides is 3. The average Bonchev–Trinajstić information content (AvgIpc) is 2.46. The Kier molecular flexibility index (Phi) is 5.09. The summed E-state index contributed by atoms with van der Waals surface area (Å²) in [4.78, 5) is 11.6. The predicted molar refractivity (Wildman–Crippen MR) is 71.6 cm³/mol.